The first kappa shape index (κ1) is 16.0. The number of benzene rings is 2. The molecule has 0 radical (unpaired) electrons. The molecule has 5 rings (SSSR count). The summed E-state index contributed by atoms with van der Waals surface area (Å²) in [4.78, 5) is 13.1. The van der Waals surface area contributed by atoms with Gasteiger partial charge in [0.05, 0.1) is 18.0 Å². The van der Waals surface area contributed by atoms with Crippen molar-refractivity contribution in [3.63, 3.8) is 0 Å². The monoisotopic (exact) mass is 360 g/mol. The summed E-state index contributed by atoms with van der Waals surface area (Å²) in [7, 11) is 0. The van der Waals surface area contributed by atoms with Crippen molar-refractivity contribution >= 4 is 11.6 Å². The van der Waals surface area contributed by atoms with Gasteiger partial charge >= 0.3 is 5.91 Å². The summed E-state index contributed by atoms with van der Waals surface area (Å²) in [5.41, 5.74) is 4.14. The molecule has 0 fully saturated rings. The molecule has 2 aromatic carbocycles. The average molecular weight is 360 g/mol. The number of amides is 1. The van der Waals surface area contributed by atoms with Gasteiger partial charge < -0.3 is 4.42 Å². The Kier molecular flexibility index (Phi) is 3.67. The van der Waals surface area contributed by atoms with E-state index in [1.807, 2.05) is 12.1 Å². The highest BCUT2D eigenvalue weighted by Gasteiger charge is 2.44. The van der Waals surface area contributed by atoms with Crippen molar-refractivity contribution in [1.82, 2.24) is 5.01 Å². The fourth-order valence-electron chi connectivity index (χ4n) is 4.14. The SMILES string of the molecule is O=C(c1ccco1)N1N=C2c3ccccc3CC[C@H]2[C@@H]1c1ccc(F)cc1. The van der Waals surface area contributed by atoms with Crippen LogP contribution in [0.5, 0.6) is 0 Å². The minimum Gasteiger partial charge on any atom is -0.459 e. The molecule has 1 amide bonds. The molecule has 1 aliphatic carbocycles. The molecule has 2 aliphatic rings. The van der Waals surface area contributed by atoms with Crippen LogP contribution in [-0.4, -0.2) is 16.6 Å². The highest BCUT2D eigenvalue weighted by atomic mass is 19.1. The molecule has 27 heavy (non-hydrogen) atoms. The lowest BCUT2D eigenvalue weighted by molar-refractivity contribution is 0.0649. The Morgan fingerprint density at radius 2 is 1.89 bits per heavy atom. The smallest absolute Gasteiger partial charge is 0.310 e. The number of hydrazone groups is 1. The summed E-state index contributed by atoms with van der Waals surface area (Å²) in [6.07, 6.45) is 3.30. The predicted molar refractivity (Wildman–Crippen MR) is 98.8 cm³/mol. The molecule has 134 valence electrons. The molecule has 2 heterocycles. The van der Waals surface area contributed by atoms with Crippen LogP contribution in [0.1, 0.15) is 39.7 Å². The van der Waals surface area contributed by atoms with Crippen LogP contribution in [0.3, 0.4) is 0 Å². The Hall–Kier alpha value is -3.21. The first-order valence-corrected chi connectivity index (χ1v) is 9.01. The van der Waals surface area contributed by atoms with E-state index < -0.39 is 0 Å². The van der Waals surface area contributed by atoms with E-state index in [9.17, 15) is 9.18 Å². The lowest BCUT2D eigenvalue weighted by atomic mass is 9.77. The Labute approximate surface area is 155 Å². The van der Waals surface area contributed by atoms with Crippen LogP contribution < -0.4 is 0 Å². The summed E-state index contributed by atoms with van der Waals surface area (Å²) in [5.74, 6) is -0.257. The van der Waals surface area contributed by atoms with Gasteiger partial charge in [0, 0.05) is 11.5 Å². The maximum atomic E-state index is 13.5. The van der Waals surface area contributed by atoms with E-state index >= 15 is 0 Å². The Bertz CT molecular complexity index is 1020. The molecule has 0 N–H and O–H groups in total. The van der Waals surface area contributed by atoms with Crippen molar-refractivity contribution < 1.29 is 13.6 Å². The Morgan fingerprint density at radius 1 is 1.07 bits per heavy atom. The average Bonchev–Trinajstić information content (AvgIpc) is 3.36. The summed E-state index contributed by atoms with van der Waals surface area (Å²) in [6, 6.07) is 17.6. The third-order valence-electron chi connectivity index (χ3n) is 5.38. The Morgan fingerprint density at radius 3 is 2.67 bits per heavy atom. The molecule has 4 nitrogen and oxygen atoms in total. The van der Waals surface area contributed by atoms with Gasteiger partial charge in [-0.2, -0.15) is 5.10 Å². The number of hydrogen-bond acceptors (Lipinski definition) is 3. The predicted octanol–water partition coefficient (Wildman–Crippen LogP) is 4.58. The molecule has 5 heteroatoms. The quantitative estimate of drug-likeness (QED) is 0.671. The molecular weight excluding hydrogens is 343 g/mol. The molecular formula is C22H17FN2O2. The van der Waals surface area contributed by atoms with Crippen molar-refractivity contribution in [3.8, 4) is 0 Å². The highest BCUT2D eigenvalue weighted by Crippen LogP contribution is 2.43. The van der Waals surface area contributed by atoms with Gasteiger partial charge in [0.1, 0.15) is 5.82 Å². The van der Waals surface area contributed by atoms with Crippen molar-refractivity contribution in [3.05, 3.63) is 95.2 Å². The number of hydrogen-bond donors (Lipinski definition) is 0. The fourth-order valence-corrected chi connectivity index (χ4v) is 4.14. The first-order valence-electron chi connectivity index (χ1n) is 9.01. The van der Waals surface area contributed by atoms with Gasteiger partial charge in [-0.1, -0.05) is 36.4 Å². The van der Waals surface area contributed by atoms with Crippen molar-refractivity contribution in [2.45, 2.75) is 18.9 Å². The van der Waals surface area contributed by atoms with E-state index in [2.05, 4.69) is 12.1 Å². The number of carbonyl (C=O) groups excluding carboxylic acids is 1. The molecule has 0 spiro atoms. The molecule has 0 saturated carbocycles. The fraction of sp³-hybridized carbons (Fsp3) is 0.182. The van der Waals surface area contributed by atoms with Gasteiger partial charge in [0.25, 0.3) is 0 Å². The van der Waals surface area contributed by atoms with Crippen LogP contribution in [0.2, 0.25) is 0 Å². The number of nitrogens with zero attached hydrogens (tertiary/aromatic N) is 2. The van der Waals surface area contributed by atoms with Crippen LogP contribution in [0.15, 0.2) is 76.4 Å². The van der Waals surface area contributed by atoms with E-state index in [-0.39, 0.29) is 29.4 Å². The normalized spacial score (nSPS) is 20.8. The van der Waals surface area contributed by atoms with E-state index in [1.165, 1.54) is 29.0 Å². The van der Waals surface area contributed by atoms with Gasteiger partial charge in [-0.15, -0.1) is 0 Å². The molecule has 0 bridgehead atoms. The Balaban J connectivity index is 1.62. The molecule has 0 unspecified atom stereocenters. The number of halogens is 1. The van der Waals surface area contributed by atoms with Crippen molar-refractivity contribution in [2.75, 3.05) is 0 Å². The van der Waals surface area contributed by atoms with Crippen LogP contribution in [-0.2, 0) is 6.42 Å². The van der Waals surface area contributed by atoms with Crippen LogP contribution in [0, 0.1) is 11.7 Å². The molecule has 1 aromatic heterocycles. The minimum absolute atomic E-state index is 0.0734. The van der Waals surface area contributed by atoms with Gasteiger partial charge in [0.2, 0.25) is 0 Å². The van der Waals surface area contributed by atoms with Crippen LogP contribution in [0.25, 0.3) is 0 Å². The lowest BCUT2D eigenvalue weighted by Gasteiger charge is -2.29. The number of fused-ring (bicyclic) bond motifs is 3. The lowest BCUT2D eigenvalue weighted by Crippen LogP contribution is -2.32. The number of carbonyl (C=O) groups is 1. The number of aryl methyl sites for hydroxylation is 1. The maximum absolute atomic E-state index is 13.5. The third kappa shape index (κ3) is 2.58. The van der Waals surface area contributed by atoms with E-state index in [1.54, 1.807) is 24.3 Å². The van der Waals surface area contributed by atoms with Crippen molar-refractivity contribution in [2.24, 2.45) is 11.0 Å². The topological polar surface area (TPSA) is 45.8 Å². The summed E-state index contributed by atoms with van der Waals surface area (Å²) in [5, 5.41) is 6.24. The van der Waals surface area contributed by atoms with Crippen LogP contribution in [0.4, 0.5) is 4.39 Å². The summed E-state index contributed by atoms with van der Waals surface area (Å²) in [6.45, 7) is 0. The molecule has 2 atom stereocenters. The number of furan rings is 1. The van der Waals surface area contributed by atoms with E-state index in [0.29, 0.717) is 0 Å². The zero-order chi connectivity index (χ0) is 18.4. The van der Waals surface area contributed by atoms with Gasteiger partial charge in [-0.05, 0) is 48.2 Å². The van der Waals surface area contributed by atoms with E-state index in [0.717, 1.165) is 29.7 Å². The van der Waals surface area contributed by atoms with Gasteiger partial charge in [0.15, 0.2) is 5.76 Å². The number of rotatable bonds is 2. The molecule has 3 aromatic rings. The standard InChI is InChI=1S/C22H17FN2O2/c23-16-10-7-15(8-11-16)21-18-12-9-14-4-1-2-5-17(14)20(18)24-25(21)22(26)19-6-3-13-27-19/h1-8,10-11,13,18,21H,9,12H2/t18-,21+/m1/s1. The molecule has 1 aliphatic heterocycles. The second-order valence-corrected chi connectivity index (χ2v) is 6.91. The largest absolute Gasteiger partial charge is 0.459 e. The highest BCUT2D eigenvalue weighted by molar-refractivity contribution is 6.07. The summed E-state index contributed by atoms with van der Waals surface area (Å²) >= 11 is 0. The van der Waals surface area contributed by atoms with E-state index in [4.69, 9.17) is 9.52 Å². The zero-order valence-corrected chi connectivity index (χ0v) is 14.5. The minimum atomic E-state index is -0.296. The van der Waals surface area contributed by atoms with Gasteiger partial charge in [-0.25, -0.2) is 9.40 Å². The third-order valence-corrected chi connectivity index (χ3v) is 5.38. The van der Waals surface area contributed by atoms with Crippen molar-refractivity contribution in [1.29, 1.82) is 0 Å². The maximum Gasteiger partial charge on any atom is 0.310 e. The van der Waals surface area contributed by atoms with Gasteiger partial charge in [-0.3, -0.25) is 4.79 Å². The second kappa shape index (κ2) is 6.20. The van der Waals surface area contributed by atoms with Crippen LogP contribution >= 0.6 is 0 Å². The first-order chi connectivity index (χ1) is 13.2. The molecule has 0 saturated heterocycles. The second-order valence-electron chi connectivity index (χ2n) is 6.91. The summed E-state index contributed by atoms with van der Waals surface area (Å²) < 4.78 is 18.8. The zero-order valence-electron chi connectivity index (χ0n) is 14.5.